The Bertz CT molecular complexity index is 181. The van der Waals surface area contributed by atoms with Crippen molar-refractivity contribution in [2.75, 3.05) is 13.2 Å². The second-order valence-corrected chi connectivity index (χ2v) is 3.34. The van der Waals surface area contributed by atoms with E-state index in [4.69, 9.17) is 9.47 Å². The molecule has 0 aliphatic carbocycles. The van der Waals surface area contributed by atoms with Gasteiger partial charge in [0.05, 0.1) is 18.6 Å². The molecule has 0 aromatic rings. The van der Waals surface area contributed by atoms with Crippen molar-refractivity contribution in [1.82, 2.24) is 0 Å². The van der Waals surface area contributed by atoms with Crippen LogP contribution in [0.4, 0.5) is 0 Å². The standard InChI is InChI=1S/C10H16O3/c1-3-6-12-10(11)9-5-4-8(2)13-7-9/h3,8-9H,1,4-7H2,2H3. The third-order valence-electron chi connectivity index (χ3n) is 2.18. The first kappa shape index (κ1) is 10.3. The number of rotatable bonds is 3. The fraction of sp³-hybridized carbons (Fsp3) is 0.700. The van der Waals surface area contributed by atoms with Gasteiger partial charge in [0, 0.05) is 0 Å². The molecule has 3 heteroatoms. The van der Waals surface area contributed by atoms with Crippen LogP contribution in [-0.4, -0.2) is 25.3 Å². The van der Waals surface area contributed by atoms with Crippen molar-refractivity contribution < 1.29 is 14.3 Å². The SMILES string of the molecule is C=CCOC(=O)C1CCC(C)OC1. The zero-order valence-corrected chi connectivity index (χ0v) is 7.99. The maximum Gasteiger partial charge on any atom is 0.311 e. The molecule has 0 bridgehead atoms. The molecule has 3 nitrogen and oxygen atoms in total. The zero-order chi connectivity index (χ0) is 9.68. The highest BCUT2D eigenvalue weighted by Crippen LogP contribution is 2.19. The lowest BCUT2D eigenvalue weighted by Crippen LogP contribution is -2.30. The van der Waals surface area contributed by atoms with Gasteiger partial charge in [-0.25, -0.2) is 0 Å². The molecule has 13 heavy (non-hydrogen) atoms. The molecular formula is C10H16O3. The van der Waals surface area contributed by atoms with E-state index >= 15 is 0 Å². The van der Waals surface area contributed by atoms with Gasteiger partial charge in [0.25, 0.3) is 0 Å². The number of hydrogen-bond donors (Lipinski definition) is 0. The number of hydrogen-bond acceptors (Lipinski definition) is 3. The molecule has 0 aromatic heterocycles. The third-order valence-corrected chi connectivity index (χ3v) is 2.18. The van der Waals surface area contributed by atoms with Crippen LogP contribution in [0.2, 0.25) is 0 Å². The highest BCUT2D eigenvalue weighted by molar-refractivity contribution is 5.72. The molecule has 1 aliphatic rings. The molecule has 0 radical (unpaired) electrons. The van der Waals surface area contributed by atoms with Gasteiger partial charge >= 0.3 is 5.97 Å². The molecule has 0 N–H and O–H groups in total. The number of carbonyl (C=O) groups excluding carboxylic acids is 1. The Morgan fingerprint density at radius 2 is 2.46 bits per heavy atom. The molecule has 2 unspecified atom stereocenters. The first-order valence-electron chi connectivity index (χ1n) is 4.63. The Kier molecular flexibility index (Phi) is 3.96. The van der Waals surface area contributed by atoms with E-state index < -0.39 is 0 Å². The summed E-state index contributed by atoms with van der Waals surface area (Å²) in [6.07, 6.45) is 3.67. The van der Waals surface area contributed by atoms with Crippen molar-refractivity contribution in [3.8, 4) is 0 Å². The Balaban J connectivity index is 2.27. The van der Waals surface area contributed by atoms with Crippen LogP contribution in [0.3, 0.4) is 0 Å². The average Bonchev–Trinajstić information content (AvgIpc) is 2.15. The van der Waals surface area contributed by atoms with E-state index in [9.17, 15) is 4.79 Å². The number of ether oxygens (including phenoxy) is 2. The fourth-order valence-corrected chi connectivity index (χ4v) is 1.33. The molecule has 0 aromatic carbocycles. The predicted molar refractivity (Wildman–Crippen MR) is 49.3 cm³/mol. The van der Waals surface area contributed by atoms with E-state index in [0.29, 0.717) is 13.2 Å². The fourth-order valence-electron chi connectivity index (χ4n) is 1.33. The minimum absolute atomic E-state index is 0.0730. The summed E-state index contributed by atoms with van der Waals surface area (Å²) in [5.74, 6) is -0.233. The monoisotopic (exact) mass is 184 g/mol. The Morgan fingerprint density at radius 1 is 1.69 bits per heavy atom. The van der Waals surface area contributed by atoms with Crippen molar-refractivity contribution in [3.05, 3.63) is 12.7 Å². The zero-order valence-electron chi connectivity index (χ0n) is 7.99. The van der Waals surface area contributed by atoms with Crippen molar-refractivity contribution in [2.24, 2.45) is 5.92 Å². The summed E-state index contributed by atoms with van der Waals surface area (Å²) in [5, 5.41) is 0. The van der Waals surface area contributed by atoms with Gasteiger partial charge in [-0.3, -0.25) is 4.79 Å². The summed E-state index contributed by atoms with van der Waals surface area (Å²) in [6.45, 7) is 6.29. The van der Waals surface area contributed by atoms with Gasteiger partial charge in [-0.05, 0) is 19.8 Å². The minimum Gasteiger partial charge on any atom is -0.461 e. The van der Waals surface area contributed by atoms with E-state index in [-0.39, 0.29) is 18.0 Å². The number of carbonyl (C=O) groups is 1. The molecule has 1 heterocycles. The largest absolute Gasteiger partial charge is 0.461 e. The van der Waals surface area contributed by atoms with Crippen LogP contribution >= 0.6 is 0 Å². The summed E-state index contributed by atoms with van der Waals surface area (Å²) in [7, 11) is 0. The first-order valence-corrected chi connectivity index (χ1v) is 4.63. The van der Waals surface area contributed by atoms with Crippen LogP contribution in [-0.2, 0) is 14.3 Å². The molecule has 0 amide bonds. The highest BCUT2D eigenvalue weighted by Gasteiger charge is 2.25. The minimum atomic E-state index is -0.160. The third kappa shape index (κ3) is 3.19. The lowest BCUT2D eigenvalue weighted by Gasteiger charge is -2.25. The summed E-state index contributed by atoms with van der Waals surface area (Å²) in [6, 6.07) is 0. The highest BCUT2D eigenvalue weighted by atomic mass is 16.5. The second-order valence-electron chi connectivity index (χ2n) is 3.34. The van der Waals surface area contributed by atoms with E-state index in [0.717, 1.165) is 12.8 Å². The predicted octanol–water partition coefficient (Wildman–Crippen LogP) is 1.53. The van der Waals surface area contributed by atoms with Gasteiger partial charge in [-0.1, -0.05) is 12.7 Å². The van der Waals surface area contributed by atoms with E-state index in [2.05, 4.69) is 6.58 Å². The average molecular weight is 184 g/mol. The quantitative estimate of drug-likeness (QED) is 0.493. The van der Waals surface area contributed by atoms with Gasteiger partial charge in [0.15, 0.2) is 0 Å². The lowest BCUT2D eigenvalue weighted by atomic mass is 9.99. The summed E-state index contributed by atoms with van der Waals surface area (Å²) < 4.78 is 10.3. The molecule has 1 aliphatic heterocycles. The van der Waals surface area contributed by atoms with Crippen LogP contribution in [0, 0.1) is 5.92 Å². The van der Waals surface area contributed by atoms with Crippen molar-refractivity contribution in [1.29, 1.82) is 0 Å². The second kappa shape index (κ2) is 5.02. The first-order chi connectivity index (χ1) is 6.24. The van der Waals surface area contributed by atoms with Gasteiger partial charge in [0.1, 0.15) is 6.61 Å². The summed E-state index contributed by atoms with van der Waals surface area (Å²) >= 11 is 0. The molecular weight excluding hydrogens is 168 g/mol. The van der Waals surface area contributed by atoms with Crippen LogP contribution in [0.1, 0.15) is 19.8 Å². The smallest absolute Gasteiger partial charge is 0.311 e. The normalized spacial score (nSPS) is 28.1. The van der Waals surface area contributed by atoms with E-state index in [1.54, 1.807) is 6.08 Å². The van der Waals surface area contributed by atoms with Crippen molar-refractivity contribution in [2.45, 2.75) is 25.9 Å². The lowest BCUT2D eigenvalue weighted by molar-refractivity contribution is -0.153. The maximum atomic E-state index is 11.3. The van der Waals surface area contributed by atoms with Crippen LogP contribution in [0.15, 0.2) is 12.7 Å². The molecule has 1 rings (SSSR count). The molecule has 1 fully saturated rings. The summed E-state index contributed by atoms with van der Waals surface area (Å²) in [5.41, 5.74) is 0. The molecule has 2 atom stereocenters. The van der Waals surface area contributed by atoms with Crippen LogP contribution in [0.5, 0.6) is 0 Å². The molecule has 0 spiro atoms. The van der Waals surface area contributed by atoms with E-state index in [1.807, 2.05) is 6.92 Å². The Morgan fingerprint density at radius 3 is 3.00 bits per heavy atom. The van der Waals surface area contributed by atoms with Crippen LogP contribution < -0.4 is 0 Å². The van der Waals surface area contributed by atoms with E-state index in [1.165, 1.54) is 0 Å². The van der Waals surface area contributed by atoms with Crippen molar-refractivity contribution in [3.63, 3.8) is 0 Å². The molecule has 74 valence electrons. The maximum absolute atomic E-state index is 11.3. The van der Waals surface area contributed by atoms with Gasteiger partial charge in [-0.15, -0.1) is 0 Å². The Hall–Kier alpha value is -0.830. The Labute approximate surface area is 78.7 Å². The van der Waals surface area contributed by atoms with Gasteiger partial charge < -0.3 is 9.47 Å². The van der Waals surface area contributed by atoms with Gasteiger partial charge in [-0.2, -0.15) is 0 Å². The summed E-state index contributed by atoms with van der Waals surface area (Å²) in [4.78, 5) is 11.3. The van der Waals surface area contributed by atoms with Crippen LogP contribution in [0.25, 0.3) is 0 Å². The van der Waals surface area contributed by atoms with Crippen molar-refractivity contribution >= 4 is 5.97 Å². The number of esters is 1. The topological polar surface area (TPSA) is 35.5 Å². The van der Waals surface area contributed by atoms with Gasteiger partial charge in [0.2, 0.25) is 0 Å². The molecule has 0 saturated carbocycles. The molecule has 1 saturated heterocycles.